The van der Waals surface area contributed by atoms with E-state index in [2.05, 4.69) is 28.0 Å². The minimum absolute atomic E-state index is 0.0412. The van der Waals surface area contributed by atoms with Gasteiger partial charge in [0.1, 0.15) is 0 Å². The molecule has 0 fully saturated rings. The SMILES string of the molecule is Cc1cc(C)c(C=NNC(=O)CCC(=O)Nc2ccccc2Cl)c(C)c1. The van der Waals surface area contributed by atoms with Gasteiger partial charge in [0.2, 0.25) is 11.8 Å². The lowest BCUT2D eigenvalue weighted by Crippen LogP contribution is -2.20. The number of halogens is 1. The number of nitrogens with one attached hydrogen (secondary N) is 2. The first-order chi connectivity index (χ1) is 12.4. The molecule has 2 N–H and O–H groups in total. The zero-order valence-corrected chi connectivity index (χ0v) is 15.9. The number of amides is 2. The Kier molecular flexibility index (Phi) is 6.92. The van der Waals surface area contributed by atoms with Crippen LogP contribution in [-0.4, -0.2) is 18.0 Å². The largest absolute Gasteiger partial charge is 0.325 e. The van der Waals surface area contributed by atoms with Crippen LogP contribution in [0.1, 0.15) is 35.1 Å². The third kappa shape index (κ3) is 5.70. The molecular weight excluding hydrogens is 350 g/mol. The number of carbonyl (C=O) groups excluding carboxylic acids is 2. The molecule has 136 valence electrons. The van der Waals surface area contributed by atoms with E-state index in [1.807, 2.05) is 20.8 Å². The molecule has 0 heterocycles. The van der Waals surface area contributed by atoms with E-state index in [0.29, 0.717) is 10.7 Å². The van der Waals surface area contributed by atoms with Gasteiger partial charge in [0.25, 0.3) is 0 Å². The molecule has 26 heavy (non-hydrogen) atoms. The average Bonchev–Trinajstić information content (AvgIpc) is 2.57. The van der Waals surface area contributed by atoms with Crippen molar-refractivity contribution >= 4 is 35.3 Å². The summed E-state index contributed by atoms with van der Waals surface area (Å²) in [4.78, 5) is 23.7. The highest BCUT2D eigenvalue weighted by molar-refractivity contribution is 6.33. The maximum absolute atomic E-state index is 11.9. The molecular formula is C20H22ClN3O2. The predicted octanol–water partition coefficient (Wildman–Crippen LogP) is 4.13. The minimum atomic E-state index is -0.321. The Morgan fingerprint density at radius 3 is 2.31 bits per heavy atom. The summed E-state index contributed by atoms with van der Waals surface area (Å²) < 4.78 is 0. The van der Waals surface area contributed by atoms with Crippen molar-refractivity contribution in [1.29, 1.82) is 0 Å². The Hall–Kier alpha value is -2.66. The van der Waals surface area contributed by atoms with Crippen molar-refractivity contribution < 1.29 is 9.59 Å². The van der Waals surface area contributed by atoms with Crippen molar-refractivity contribution in [1.82, 2.24) is 5.43 Å². The van der Waals surface area contributed by atoms with Crippen LogP contribution in [0.4, 0.5) is 5.69 Å². The normalized spacial score (nSPS) is 10.8. The van der Waals surface area contributed by atoms with Crippen molar-refractivity contribution in [3.63, 3.8) is 0 Å². The molecule has 0 spiro atoms. The van der Waals surface area contributed by atoms with Crippen molar-refractivity contribution in [2.75, 3.05) is 5.32 Å². The number of nitrogens with zero attached hydrogens (tertiary/aromatic N) is 1. The molecule has 0 atom stereocenters. The Morgan fingerprint density at radius 2 is 1.65 bits per heavy atom. The first kappa shape index (κ1) is 19.7. The van der Waals surface area contributed by atoms with Crippen molar-refractivity contribution in [3.8, 4) is 0 Å². The zero-order valence-electron chi connectivity index (χ0n) is 15.1. The van der Waals surface area contributed by atoms with E-state index in [-0.39, 0.29) is 24.7 Å². The molecule has 0 aliphatic rings. The van der Waals surface area contributed by atoms with Gasteiger partial charge < -0.3 is 5.32 Å². The average molecular weight is 372 g/mol. The summed E-state index contributed by atoms with van der Waals surface area (Å²) >= 11 is 5.98. The summed E-state index contributed by atoms with van der Waals surface area (Å²) in [6.45, 7) is 6.04. The van der Waals surface area contributed by atoms with Crippen LogP contribution in [0.25, 0.3) is 0 Å². The van der Waals surface area contributed by atoms with Crippen LogP contribution >= 0.6 is 11.6 Å². The number of anilines is 1. The Labute approximate surface area is 158 Å². The second kappa shape index (κ2) is 9.15. The number of hydrogen-bond donors (Lipinski definition) is 2. The van der Waals surface area contributed by atoms with Crippen LogP contribution in [0.3, 0.4) is 0 Å². The molecule has 0 unspecified atom stereocenters. The third-order valence-corrected chi connectivity index (χ3v) is 4.18. The van der Waals surface area contributed by atoms with E-state index in [1.54, 1.807) is 30.5 Å². The van der Waals surface area contributed by atoms with Crippen LogP contribution in [0.2, 0.25) is 5.02 Å². The number of hydrogen-bond acceptors (Lipinski definition) is 3. The summed E-state index contributed by atoms with van der Waals surface area (Å²) in [7, 11) is 0. The highest BCUT2D eigenvalue weighted by Crippen LogP contribution is 2.20. The van der Waals surface area contributed by atoms with Gasteiger partial charge in [-0.1, -0.05) is 41.4 Å². The predicted molar refractivity (Wildman–Crippen MR) is 106 cm³/mol. The quantitative estimate of drug-likeness (QED) is 0.592. The van der Waals surface area contributed by atoms with Gasteiger partial charge in [0.05, 0.1) is 16.9 Å². The number of benzene rings is 2. The monoisotopic (exact) mass is 371 g/mol. The molecule has 2 aromatic carbocycles. The van der Waals surface area contributed by atoms with Crippen molar-refractivity contribution in [2.24, 2.45) is 5.10 Å². The smallest absolute Gasteiger partial charge is 0.240 e. The summed E-state index contributed by atoms with van der Waals surface area (Å²) in [6.07, 6.45) is 1.72. The van der Waals surface area contributed by atoms with Gasteiger partial charge in [-0.3, -0.25) is 9.59 Å². The van der Waals surface area contributed by atoms with E-state index >= 15 is 0 Å². The number of hydrazone groups is 1. The lowest BCUT2D eigenvalue weighted by Gasteiger charge is -2.07. The van der Waals surface area contributed by atoms with E-state index in [0.717, 1.165) is 16.7 Å². The molecule has 0 aliphatic heterocycles. The number of rotatable bonds is 6. The first-order valence-electron chi connectivity index (χ1n) is 8.31. The van der Waals surface area contributed by atoms with Gasteiger partial charge in [0, 0.05) is 18.4 Å². The van der Waals surface area contributed by atoms with Crippen LogP contribution in [0, 0.1) is 20.8 Å². The summed E-state index contributed by atoms with van der Waals surface area (Å²) in [5.74, 6) is -0.597. The highest BCUT2D eigenvalue weighted by Gasteiger charge is 2.08. The fourth-order valence-corrected chi connectivity index (χ4v) is 2.80. The van der Waals surface area contributed by atoms with Gasteiger partial charge in [-0.25, -0.2) is 5.43 Å². The van der Waals surface area contributed by atoms with Crippen LogP contribution in [-0.2, 0) is 9.59 Å². The third-order valence-electron chi connectivity index (χ3n) is 3.85. The maximum Gasteiger partial charge on any atom is 0.240 e. The molecule has 6 heteroatoms. The van der Waals surface area contributed by atoms with E-state index in [9.17, 15) is 9.59 Å². The second-order valence-corrected chi connectivity index (χ2v) is 6.54. The Morgan fingerprint density at radius 1 is 1.04 bits per heavy atom. The van der Waals surface area contributed by atoms with Gasteiger partial charge >= 0.3 is 0 Å². The van der Waals surface area contributed by atoms with Crippen LogP contribution in [0.15, 0.2) is 41.5 Å². The summed E-state index contributed by atoms with van der Waals surface area (Å²) in [6, 6.07) is 11.1. The minimum Gasteiger partial charge on any atom is -0.325 e. The molecule has 2 rings (SSSR count). The lowest BCUT2D eigenvalue weighted by molar-refractivity contribution is -0.124. The standard InChI is InChI=1S/C20H22ClN3O2/c1-13-10-14(2)16(15(3)11-13)12-22-24-20(26)9-8-19(25)23-18-7-5-4-6-17(18)21/h4-7,10-12H,8-9H2,1-3H3,(H,23,25)(H,24,26). The number of para-hydroxylation sites is 1. The van der Waals surface area contributed by atoms with Gasteiger partial charge in [0.15, 0.2) is 0 Å². The highest BCUT2D eigenvalue weighted by atomic mass is 35.5. The van der Waals surface area contributed by atoms with Crippen molar-refractivity contribution in [3.05, 3.63) is 63.7 Å². The van der Waals surface area contributed by atoms with E-state index < -0.39 is 0 Å². The fraction of sp³-hybridized carbons (Fsp3) is 0.250. The molecule has 2 aromatic rings. The summed E-state index contributed by atoms with van der Waals surface area (Å²) in [5.41, 5.74) is 7.34. The topological polar surface area (TPSA) is 70.6 Å². The van der Waals surface area contributed by atoms with Gasteiger partial charge in [-0.15, -0.1) is 0 Å². The Bertz CT molecular complexity index is 824. The molecule has 0 saturated heterocycles. The molecule has 5 nitrogen and oxygen atoms in total. The van der Waals surface area contributed by atoms with Crippen LogP contribution < -0.4 is 10.7 Å². The second-order valence-electron chi connectivity index (χ2n) is 6.13. The number of carbonyl (C=O) groups is 2. The molecule has 0 saturated carbocycles. The molecule has 2 amide bonds. The van der Waals surface area contributed by atoms with Crippen molar-refractivity contribution in [2.45, 2.75) is 33.6 Å². The summed E-state index contributed by atoms with van der Waals surface area (Å²) in [5, 5.41) is 7.13. The number of aryl methyl sites for hydroxylation is 3. The first-order valence-corrected chi connectivity index (χ1v) is 8.68. The van der Waals surface area contributed by atoms with Gasteiger partial charge in [-0.2, -0.15) is 5.10 Å². The van der Waals surface area contributed by atoms with E-state index in [4.69, 9.17) is 11.6 Å². The molecule has 0 radical (unpaired) electrons. The maximum atomic E-state index is 11.9. The fourth-order valence-electron chi connectivity index (χ4n) is 2.62. The van der Waals surface area contributed by atoms with Gasteiger partial charge in [-0.05, 0) is 44.0 Å². The molecule has 0 bridgehead atoms. The zero-order chi connectivity index (χ0) is 19.1. The van der Waals surface area contributed by atoms with E-state index in [1.165, 1.54) is 5.56 Å². The Balaban J connectivity index is 1.82. The lowest BCUT2D eigenvalue weighted by atomic mass is 10.0. The van der Waals surface area contributed by atoms with Crippen LogP contribution in [0.5, 0.6) is 0 Å². The molecule has 0 aromatic heterocycles. The molecule has 0 aliphatic carbocycles.